The van der Waals surface area contributed by atoms with Gasteiger partial charge in [-0.25, -0.2) is 9.78 Å². The molecule has 0 N–H and O–H groups in total. The van der Waals surface area contributed by atoms with Crippen molar-refractivity contribution in [3.63, 3.8) is 0 Å². The number of aryl methyl sites for hydroxylation is 2. The van der Waals surface area contributed by atoms with E-state index in [0.29, 0.717) is 23.0 Å². The van der Waals surface area contributed by atoms with Crippen molar-refractivity contribution >= 4 is 44.9 Å². The number of oxazole rings is 1. The summed E-state index contributed by atoms with van der Waals surface area (Å²) in [7, 11) is 0. The average Bonchev–Trinajstić information content (AvgIpc) is 3.23. The van der Waals surface area contributed by atoms with Crippen LogP contribution in [-0.4, -0.2) is 30.1 Å². The number of thioether (sulfide) groups is 1. The first kappa shape index (κ1) is 17.9. The van der Waals surface area contributed by atoms with E-state index in [1.165, 1.54) is 11.8 Å². The molecule has 0 saturated heterocycles. The van der Waals surface area contributed by atoms with Crippen LogP contribution in [0, 0.1) is 0 Å². The van der Waals surface area contributed by atoms with Crippen LogP contribution in [0.4, 0.5) is 0 Å². The Morgan fingerprint density at radius 2 is 1.76 bits per heavy atom. The van der Waals surface area contributed by atoms with Crippen LogP contribution in [0.15, 0.2) is 62.9 Å². The highest BCUT2D eigenvalue weighted by atomic mass is 32.2. The molecule has 0 unspecified atom stereocenters. The smallest absolute Gasteiger partial charge is 0.408 e. The summed E-state index contributed by atoms with van der Waals surface area (Å²) in [4.78, 5) is 16.9. The number of rotatable bonds is 6. The molecule has 0 amide bonds. The van der Waals surface area contributed by atoms with Crippen LogP contribution in [0.3, 0.4) is 0 Å². The monoisotopic (exact) mass is 405 g/mol. The second-order valence-electron chi connectivity index (χ2n) is 6.77. The predicted octanol–water partition coefficient (Wildman–Crippen LogP) is 4.09. The van der Waals surface area contributed by atoms with Crippen molar-refractivity contribution in [2.75, 3.05) is 5.75 Å². The van der Waals surface area contributed by atoms with Gasteiger partial charge in [0.25, 0.3) is 0 Å². The van der Waals surface area contributed by atoms with Gasteiger partial charge in [0, 0.05) is 24.2 Å². The number of nitrogens with zero attached hydrogens (tertiary/aromatic N) is 5. The highest BCUT2D eigenvalue weighted by molar-refractivity contribution is 7.99. The number of fused-ring (bicyclic) bond motifs is 4. The normalized spacial score (nSPS) is 11.8. The molecule has 0 aliphatic heterocycles. The molecule has 5 aromatic rings. The van der Waals surface area contributed by atoms with Crippen molar-refractivity contribution in [1.29, 1.82) is 0 Å². The van der Waals surface area contributed by atoms with Crippen LogP contribution in [0.5, 0.6) is 0 Å². The lowest BCUT2D eigenvalue weighted by atomic mass is 10.2. The van der Waals surface area contributed by atoms with Crippen molar-refractivity contribution in [3.05, 3.63) is 59.1 Å². The maximum absolute atomic E-state index is 12.1. The maximum atomic E-state index is 12.1. The van der Waals surface area contributed by atoms with Crippen molar-refractivity contribution < 1.29 is 4.42 Å². The summed E-state index contributed by atoms with van der Waals surface area (Å²) in [5.41, 5.74) is 4.22. The predicted molar refractivity (Wildman–Crippen MR) is 114 cm³/mol. The Hall–Kier alpha value is -3.13. The zero-order chi connectivity index (χ0) is 19.8. The first-order valence-corrected chi connectivity index (χ1v) is 10.6. The van der Waals surface area contributed by atoms with Gasteiger partial charge in [-0.3, -0.25) is 4.57 Å². The lowest BCUT2D eigenvalue weighted by Gasteiger charge is -2.05. The number of hydrogen-bond acceptors (Lipinski definition) is 6. The molecular weight excluding hydrogens is 386 g/mol. The van der Waals surface area contributed by atoms with E-state index >= 15 is 0 Å². The fraction of sp³-hybridized carbons (Fsp3) is 0.238. The third-order valence-electron chi connectivity index (χ3n) is 4.92. The van der Waals surface area contributed by atoms with Gasteiger partial charge in [-0.1, -0.05) is 49.0 Å². The number of aromatic nitrogens is 5. The topological polar surface area (TPSA) is 78.7 Å². The highest BCUT2D eigenvalue weighted by Gasteiger charge is 2.14. The van der Waals surface area contributed by atoms with E-state index in [1.54, 1.807) is 10.6 Å². The molecule has 0 spiro atoms. The fourth-order valence-electron chi connectivity index (χ4n) is 3.65. The van der Waals surface area contributed by atoms with E-state index in [2.05, 4.69) is 33.8 Å². The minimum Gasteiger partial charge on any atom is -0.408 e. The molecule has 0 aliphatic carbocycles. The molecule has 3 heterocycles. The molecule has 3 aromatic heterocycles. The zero-order valence-electron chi connectivity index (χ0n) is 15.9. The standard InChI is InChI=1S/C21H19N5O2S/c1-2-11-25-15-8-4-3-7-14(15)18-19(25)22-20(24-23-18)29-13-12-26-16-9-5-6-10-17(16)28-21(26)27/h3-10H,2,11-13H2,1H3. The summed E-state index contributed by atoms with van der Waals surface area (Å²) in [6.07, 6.45) is 1.01. The van der Waals surface area contributed by atoms with E-state index in [9.17, 15) is 4.79 Å². The van der Waals surface area contributed by atoms with Gasteiger partial charge < -0.3 is 8.98 Å². The first-order valence-electron chi connectivity index (χ1n) is 9.59. The average molecular weight is 405 g/mol. The molecule has 7 nitrogen and oxygen atoms in total. The maximum Gasteiger partial charge on any atom is 0.419 e. The molecule has 0 fully saturated rings. The zero-order valence-corrected chi connectivity index (χ0v) is 16.7. The van der Waals surface area contributed by atoms with Crippen LogP contribution in [0.2, 0.25) is 0 Å². The Morgan fingerprint density at radius 1 is 0.966 bits per heavy atom. The van der Waals surface area contributed by atoms with Crippen LogP contribution in [0.1, 0.15) is 13.3 Å². The Bertz CT molecular complexity index is 1380. The van der Waals surface area contributed by atoms with Crippen LogP contribution in [-0.2, 0) is 13.1 Å². The lowest BCUT2D eigenvalue weighted by Crippen LogP contribution is -2.15. The van der Waals surface area contributed by atoms with E-state index in [-0.39, 0.29) is 5.76 Å². The second kappa shape index (κ2) is 7.36. The molecule has 0 atom stereocenters. The Kier molecular flexibility index (Phi) is 4.55. The van der Waals surface area contributed by atoms with E-state index in [0.717, 1.165) is 40.5 Å². The molecule has 2 aromatic carbocycles. The minimum atomic E-state index is -0.343. The van der Waals surface area contributed by atoms with Crippen LogP contribution in [0.25, 0.3) is 33.2 Å². The van der Waals surface area contributed by atoms with Gasteiger partial charge in [0.2, 0.25) is 5.16 Å². The van der Waals surface area contributed by atoms with Gasteiger partial charge in [-0.05, 0) is 24.6 Å². The van der Waals surface area contributed by atoms with Crippen LogP contribution >= 0.6 is 11.8 Å². The SMILES string of the molecule is CCCn1c2ccccc2c2nnc(SCCn3c(=O)oc4ccccc43)nc21. The molecule has 0 bridgehead atoms. The third-order valence-corrected chi connectivity index (χ3v) is 5.74. The van der Waals surface area contributed by atoms with Crippen molar-refractivity contribution in [3.8, 4) is 0 Å². The van der Waals surface area contributed by atoms with Gasteiger partial charge in [-0.15, -0.1) is 10.2 Å². The van der Waals surface area contributed by atoms with Crippen molar-refractivity contribution in [1.82, 2.24) is 24.3 Å². The highest BCUT2D eigenvalue weighted by Crippen LogP contribution is 2.27. The number of benzene rings is 2. The summed E-state index contributed by atoms with van der Waals surface area (Å²) < 4.78 is 9.13. The van der Waals surface area contributed by atoms with Crippen molar-refractivity contribution in [2.24, 2.45) is 0 Å². The lowest BCUT2D eigenvalue weighted by molar-refractivity contribution is 0.514. The summed E-state index contributed by atoms with van der Waals surface area (Å²) in [5, 5.41) is 10.4. The minimum absolute atomic E-state index is 0.343. The molecular formula is C21H19N5O2S. The Morgan fingerprint density at radius 3 is 2.62 bits per heavy atom. The summed E-state index contributed by atoms with van der Waals surface area (Å²) in [6.45, 7) is 3.54. The third kappa shape index (κ3) is 3.09. The van der Waals surface area contributed by atoms with E-state index < -0.39 is 0 Å². The molecule has 0 radical (unpaired) electrons. The molecule has 0 aliphatic rings. The molecule has 146 valence electrons. The summed E-state index contributed by atoms with van der Waals surface area (Å²) in [6, 6.07) is 15.6. The molecule has 5 rings (SSSR count). The van der Waals surface area contributed by atoms with E-state index in [4.69, 9.17) is 9.40 Å². The fourth-order valence-corrected chi connectivity index (χ4v) is 4.36. The Labute approximate surface area is 170 Å². The van der Waals surface area contributed by atoms with Gasteiger partial charge in [0.05, 0.1) is 11.0 Å². The summed E-state index contributed by atoms with van der Waals surface area (Å²) in [5.74, 6) is 0.300. The van der Waals surface area contributed by atoms with Gasteiger partial charge >= 0.3 is 5.76 Å². The first-order chi connectivity index (χ1) is 14.3. The van der Waals surface area contributed by atoms with Crippen LogP contribution < -0.4 is 5.76 Å². The second-order valence-corrected chi connectivity index (χ2v) is 7.83. The Balaban J connectivity index is 1.43. The molecule has 29 heavy (non-hydrogen) atoms. The summed E-state index contributed by atoms with van der Waals surface area (Å²) >= 11 is 1.49. The van der Waals surface area contributed by atoms with Gasteiger partial charge in [-0.2, -0.15) is 0 Å². The quantitative estimate of drug-likeness (QED) is 0.396. The molecule has 8 heteroatoms. The number of para-hydroxylation sites is 3. The largest absolute Gasteiger partial charge is 0.419 e. The number of hydrogen-bond donors (Lipinski definition) is 0. The van der Waals surface area contributed by atoms with Crippen molar-refractivity contribution in [2.45, 2.75) is 31.6 Å². The van der Waals surface area contributed by atoms with E-state index in [1.807, 2.05) is 30.3 Å². The van der Waals surface area contributed by atoms with Gasteiger partial charge in [0.1, 0.15) is 5.52 Å². The molecule has 0 saturated carbocycles. The van der Waals surface area contributed by atoms with Gasteiger partial charge in [0.15, 0.2) is 11.2 Å².